The van der Waals surface area contributed by atoms with Crippen molar-refractivity contribution in [2.24, 2.45) is 0 Å². The van der Waals surface area contributed by atoms with E-state index in [1.807, 2.05) is 0 Å². The summed E-state index contributed by atoms with van der Waals surface area (Å²) in [5.74, 6) is -0.900. The summed E-state index contributed by atoms with van der Waals surface area (Å²) in [6.45, 7) is 3.95. The number of hydrogen-bond donors (Lipinski definition) is 1. The molecule has 2 heterocycles. The first-order valence-corrected chi connectivity index (χ1v) is 14.2. The first kappa shape index (κ1) is 28.1. The Labute approximate surface area is 243 Å². The van der Waals surface area contributed by atoms with Crippen molar-refractivity contribution in [3.05, 3.63) is 114 Å². The minimum Gasteiger partial charge on any atom is -0.507 e. The number of halogens is 1. The molecule has 1 aromatic heterocycles. The zero-order chi connectivity index (χ0) is 28.9. The number of aliphatic hydroxyl groups is 1. The Hall–Kier alpha value is -4.48. The molecule has 1 aliphatic heterocycles. The third kappa shape index (κ3) is 5.86. The van der Waals surface area contributed by atoms with Crippen LogP contribution in [-0.4, -0.2) is 40.7 Å². The highest BCUT2D eigenvalue weighted by atomic mass is 32.2. The molecule has 0 radical (unpaired) electrons. The second-order valence-corrected chi connectivity index (χ2v) is 11.0. The Bertz CT molecular complexity index is 1620. The van der Waals surface area contributed by atoms with Crippen LogP contribution in [0.2, 0.25) is 0 Å². The molecule has 1 aliphatic rings. The van der Waals surface area contributed by atoms with Gasteiger partial charge in [-0.15, -0.1) is 10.2 Å². The molecule has 41 heavy (non-hydrogen) atoms. The van der Waals surface area contributed by atoms with Gasteiger partial charge in [0.15, 0.2) is 4.34 Å². The Morgan fingerprint density at radius 1 is 1.07 bits per heavy atom. The first-order chi connectivity index (χ1) is 19.9. The van der Waals surface area contributed by atoms with E-state index >= 15 is 0 Å². The number of ether oxygens (including phenoxy) is 2. The van der Waals surface area contributed by atoms with E-state index in [9.17, 15) is 19.1 Å². The Kier molecular flexibility index (Phi) is 8.46. The van der Waals surface area contributed by atoms with E-state index in [0.717, 1.165) is 11.3 Å². The minimum atomic E-state index is -0.983. The number of amides is 1. The lowest BCUT2D eigenvalue weighted by Gasteiger charge is -2.22. The van der Waals surface area contributed by atoms with Gasteiger partial charge in [0.1, 0.15) is 29.7 Å². The number of thioether (sulfide) groups is 1. The number of aliphatic hydroxyl groups excluding tert-OH is 1. The lowest BCUT2D eigenvalue weighted by atomic mass is 9.95. The van der Waals surface area contributed by atoms with Gasteiger partial charge < -0.3 is 14.6 Å². The largest absolute Gasteiger partial charge is 0.507 e. The van der Waals surface area contributed by atoms with Gasteiger partial charge in [-0.2, -0.15) is 0 Å². The fourth-order valence-electron chi connectivity index (χ4n) is 4.26. The van der Waals surface area contributed by atoms with Gasteiger partial charge in [-0.3, -0.25) is 14.5 Å². The van der Waals surface area contributed by atoms with Crippen LogP contribution < -0.4 is 14.4 Å². The van der Waals surface area contributed by atoms with E-state index in [2.05, 4.69) is 16.8 Å². The maximum absolute atomic E-state index is 14.1. The number of nitrogens with zero attached hydrogens (tertiary/aromatic N) is 3. The summed E-state index contributed by atoms with van der Waals surface area (Å²) in [6.07, 6.45) is 1.62. The van der Waals surface area contributed by atoms with Crippen molar-refractivity contribution in [2.45, 2.75) is 16.1 Å². The molecule has 1 saturated heterocycles. The third-order valence-electron chi connectivity index (χ3n) is 6.28. The topological polar surface area (TPSA) is 102 Å². The average molecular weight is 590 g/mol. The van der Waals surface area contributed by atoms with E-state index in [1.54, 1.807) is 72.8 Å². The predicted octanol–water partition coefficient (Wildman–Crippen LogP) is 6.17. The molecule has 1 amide bonds. The molecule has 0 spiro atoms. The quantitative estimate of drug-likeness (QED) is 0.0585. The molecule has 1 N–H and O–H groups in total. The summed E-state index contributed by atoms with van der Waals surface area (Å²) < 4.78 is 25.4. The standard InChI is InChI=1S/C30H24FN3O5S2/c1-3-16-39-22-14-8-18(9-15-22)25-24(26(35)19-10-12-21(38-2)13-11-19)27(36)28(37)34(25)29-32-33-30(41-29)40-17-20-6-4-5-7-23(20)31/h3-15,25,35H,1,16-17H2,2H3/b26-24-. The predicted molar refractivity (Wildman–Crippen MR) is 156 cm³/mol. The van der Waals surface area contributed by atoms with Gasteiger partial charge in [-0.1, -0.05) is 66.1 Å². The lowest BCUT2D eigenvalue weighted by molar-refractivity contribution is -0.132. The zero-order valence-corrected chi connectivity index (χ0v) is 23.5. The van der Waals surface area contributed by atoms with Crippen molar-refractivity contribution in [3.8, 4) is 11.5 Å². The van der Waals surface area contributed by atoms with Crippen molar-refractivity contribution in [3.63, 3.8) is 0 Å². The fraction of sp³-hybridized carbons (Fsp3) is 0.133. The van der Waals surface area contributed by atoms with Gasteiger partial charge >= 0.3 is 5.91 Å². The van der Waals surface area contributed by atoms with Crippen molar-refractivity contribution in [1.82, 2.24) is 10.2 Å². The van der Waals surface area contributed by atoms with Crippen molar-refractivity contribution >= 4 is 45.7 Å². The summed E-state index contributed by atoms with van der Waals surface area (Å²) in [6, 6.07) is 18.8. The van der Waals surface area contributed by atoms with Gasteiger partial charge in [-0.05, 0) is 53.6 Å². The molecule has 5 rings (SSSR count). The summed E-state index contributed by atoms with van der Waals surface area (Å²) in [4.78, 5) is 28.1. The average Bonchev–Trinajstić information content (AvgIpc) is 3.57. The number of anilines is 1. The second-order valence-electron chi connectivity index (χ2n) is 8.80. The number of ketones is 1. The van der Waals surface area contributed by atoms with Gasteiger partial charge in [0.25, 0.3) is 5.78 Å². The normalized spacial score (nSPS) is 16.1. The van der Waals surface area contributed by atoms with Gasteiger partial charge in [0, 0.05) is 11.3 Å². The van der Waals surface area contributed by atoms with E-state index in [0.29, 0.717) is 44.9 Å². The number of hydrogen-bond acceptors (Lipinski definition) is 9. The Morgan fingerprint density at radius 3 is 2.46 bits per heavy atom. The monoisotopic (exact) mass is 589 g/mol. The van der Waals surface area contributed by atoms with E-state index in [1.165, 1.54) is 29.8 Å². The van der Waals surface area contributed by atoms with Crippen LogP contribution >= 0.6 is 23.1 Å². The van der Waals surface area contributed by atoms with Crippen LogP contribution in [0, 0.1) is 5.82 Å². The number of benzene rings is 3. The summed E-state index contributed by atoms with van der Waals surface area (Å²) in [5.41, 5.74) is 1.32. The van der Waals surface area contributed by atoms with E-state index in [4.69, 9.17) is 9.47 Å². The number of carbonyl (C=O) groups excluding carboxylic acids is 2. The molecule has 0 saturated carbocycles. The maximum Gasteiger partial charge on any atom is 0.301 e. The molecule has 1 fully saturated rings. The Morgan fingerprint density at radius 2 is 1.78 bits per heavy atom. The highest BCUT2D eigenvalue weighted by Crippen LogP contribution is 2.44. The molecule has 3 aromatic carbocycles. The molecule has 1 atom stereocenters. The third-order valence-corrected chi connectivity index (χ3v) is 8.39. The highest BCUT2D eigenvalue weighted by molar-refractivity contribution is 8.00. The van der Waals surface area contributed by atoms with Crippen LogP contribution in [0.4, 0.5) is 9.52 Å². The molecule has 11 heteroatoms. The number of rotatable bonds is 10. The second kappa shape index (κ2) is 12.4. The number of Topliss-reactive ketones (excluding diaryl/α,β-unsaturated/α-hetero) is 1. The van der Waals surface area contributed by atoms with E-state index < -0.39 is 17.7 Å². The molecule has 4 aromatic rings. The first-order valence-electron chi connectivity index (χ1n) is 12.4. The van der Waals surface area contributed by atoms with Crippen LogP contribution in [0.3, 0.4) is 0 Å². The molecular weight excluding hydrogens is 565 g/mol. The van der Waals surface area contributed by atoms with Crippen molar-refractivity contribution < 1.29 is 28.6 Å². The van der Waals surface area contributed by atoms with Gasteiger partial charge in [0.05, 0.1) is 18.7 Å². The molecular formula is C30H24FN3O5S2. The van der Waals surface area contributed by atoms with Crippen molar-refractivity contribution in [1.29, 1.82) is 0 Å². The van der Waals surface area contributed by atoms with Crippen LogP contribution in [0.1, 0.15) is 22.7 Å². The molecule has 0 bridgehead atoms. The SMILES string of the molecule is C=CCOc1ccc(C2/C(=C(/O)c3ccc(OC)cc3)C(=O)C(=O)N2c2nnc(SCc3ccccc3F)s2)cc1. The fourth-order valence-corrected chi connectivity index (χ4v) is 6.12. The van der Waals surface area contributed by atoms with E-state index in [-0.39, 0.29) is 22.3 Å². The smallest absolute Gasteiger partial charge is 0.301 e. The zero-order valence-electron chi connectivity index (χ0n) is 21.8. The minimum absolute atomic E-state index is 0.0873. The lowest BCUT2D eigenvalue weighted by Crippen LogP contribution is -2.29. The van der Waals surface area contributed by atoms with Crippen molar-refractivity contribution in [2.75, 3.05) is 18.6 Å². The molecule has 1 unspecified atom stereocenters. The highest BCUT2D eigenvalue weighted by Gasteiger charge is 2.48. The maximum atomic E-state index is 14.1. The number of aromatic nitrogens is 2. The molecule has 208 valence electrons. The number of methoxy groups -OCH3 is 1. The van der Waals surface area contributed by atoms with Crippen LogP contribution in [0.5, 0.6) is 11.5 Å². The van der Waals surface area contributed by atoms with Gasteiger partial charge in [0.2, 0.25) is 5.13 Å². The van der Waals surface area contributed by atoms with Crippen LogP contribution in [-0.2, 0) is 15.3 Å². The summed E-state index contributed by atoms with van der Waals surface area (Å²) >= 11 is 2.37. The number of carbonyl (C=O) groups is 2. The summed E-state index contributed by atoms with van der Waals surface area (Å²) in [5, 5.41) is 19.8. The van der Waals surface area contributed by atoms with Crippen LogP contribution in [0.25, 0.3) is 5.76 Å². The molecule has 8 nitrogen and oxygen atoms in total. The molecule has 0 aliphatic carbocycles. The van der Waals surface area contributed by atoms with Gasteiger partial charge in [-0.25, -0.2) is 4.39 Å². The van der Waals surface area contributed by atoms with Crippen LogP contribution in [0.15, 0.2) is 95.4 Å². The Balaban J connectivity index is 1.53. The summed E-state index contributed by atoms with van der Waals surface area (Å²) in [7, 11) is 1.52.